The van der Waals surface area contributed by atoms with Crippen LogP contribution >= 0.6 is 38.9 Å². The first-order chi connectivity index (χ1) is 9.20. The van der Waals surface area contributed by atoms with Crippen molar-refractivity contribution in [3.63, 3.8) is 0 Å². The minimum atomic E-state index is -3.84. The molecule has 4 nitrogen and oxygen atoms in total. The van der Waals surface area contributed by atoms with E-state index < -0.39 is 15.8 Å². The van der Waals surface area contributed by atoms with E-state index in [2.05, 4.69) is 25.6 Å². The Morgan fingerprint density at radius 1 is 1.40 bits per heavy atom. The van der Waals surface area contributed by atoms with Crippen molar-refractivity contribution in [1.82, 2.24) is 4.98 Å². The third kappa shape index (κ3) is 3.13. The van der Waals surface area contributed by atoms with E-state index in [-0.39, 0.29) is 18.8 Å². The van der Waals surface area contributed by atoms with E-state index in [1.807, 2.05) is 0 Å². The number of thiazole rings is 1. The van der Waals surface area contributed by atoms with Crippen molar-refractivity contribution < 1.29 is 12.8 Å². The number of hydrogen-bond acceptors (Lipinski definition) is 4. The van der Waals surface area contributed by atoms with Gasteiger partial charge in [0.1, 0.15) is 5.82 Å². The molecule has 0 bridgehead atoms. The molecule has 9 heteroatoms. The molecule has 0 atom stereocenters. The average molecular weight is 400 g/mol. The second-order valence-electron chi connectivity index (χ2n) is 4.03. The molecule has 0 radical (unpaired) electrons. The van der Waals surface area contributed by atoms with Gasteiger partial charge in [0.25, 0.3) is 10.0 Å². The summed E-state index contributed by atoms with van der Waals surface area (Å²) in [6, 6.07) is 2.62. The fourth-order valence-electron chi connectivity index (χ4n) is 1.55. The van der Waals surface area contributed by atoms with Crippen LogP contribution in [0.25, 0.3) is 0 Å². The third-order valence-electron chi connectivity index (χ3n) is 2.48. The smallest absolute Gasteiger partial charge is 0.273 e. The van der Waals surface area contributed by atoms with Crippen molar-refractivity contribution in [2.75, 3.05) is 4.72 Å². The molecule has 0 aliphatic carbocycles. The summed E-state index contributed by atoms with van der Waals surface area (Å²) in [7, 11) is -3.84. The van der Waals surface area contributed by atoms with Gasteiger partial charge in [-0.3, -0.25) is 4.72 Å². The van der Waals surface area contributed by atoms with Gasteiger partial charge in [-0.25, -0.2) is 17.8 Å². The minimum Gasteiger partial charge on any atom is -0.279 e. The molecule has 1 aromatic heterocycles. The van der Waals surface area contributed by atoms with Gasteiger partial charge in [0.15, 0.2) is 8.68 Å². The molecule has 1 aromatic carbocycles. The number of aromatic nitrogens is 1. The van der Waals surface area contributed by atoms with E-state index in [1.165, 1.54) is 6.07 Å². The second kappa shape index (κ2) is 5.59. The predicted molar refractivity (Wildman–Crippen MR) is 81.5 cm³/mol. The zero-order valence-electron chi connectivity index (χ0n) is 10.4. The summed E-state index contributed by atoms with van der Waals surface area (Å²) < 4.78 is 40.8. The van der Waals surface area contributed by atoms with E-state index in [0.717, 1.165) is 17.4 Å². The van der Waals surface area contributed by atoms with Crippen LogP contribution in [0.2, 0.25) is 4.47 Å². The Bertz CT molecular complexity index is 777. The molecule has 0 unspecified atom stereocenters. The molecule has 0 saturated heterocycles. The summed E-state index contributed by atoms with van der Waals surface area (Å²) in [5.74, 6) is -0.549. The largest absolute Gasteiger partial charge is 0.279 e. The summed E-state index contributed by atoms with van der Waals surface area (Å²) in [6.07, 6.45) is 0. The number of hydrogen-bond donors (Lipinski definition) is 1. The van der Waals surface area contributed by atoms with Gasteiger partial charge in [0.2, 0.25) is 0 Å². The lowest BCUT2D eigenvalue weighted by Crippen LogP contribution is -2.13. The third-order valence-corrected chi connectivity index (χ3v) is 6.33. The van der Waals surface area contributed by atoms with Crippen molar-refractivity contribution in [3.8, 4) is 0 Å². The normalized spacial score (nSPS) is 11.7. The Labute approximate surface area is 133 Å². The van der Waals surface area contributed by atoms with Crippen molar-refractivity contribution >= 4 is 54.6 Å². The van der Waals surface area contributed by atoms with E-state index >= 15 is 0 Å². The highest BCUT2D eigenvalue weighted by Gasteiger charge is 2.22. The number of nitrogens with one attached hydrogen (secondary N) is 1. The van der Waals surface area contributed by atoms with Gasteiger partial charge in [-0.05, 0) is 47.5 Å². The first-order valence-electron chi connectivity index (χ1n) is 5.32. The molecule has 0 fully saturated rings. The molecule has 0 spiro atoms. The number of anilines is 1. The van der Waals surface area contributed by atoms with Crippen LogP contribution in [0.1, 0.15) is 11.3 Å². The monoisotopic (exact) mass is 398 g/mol. The lowest BCUT2D eigenvalue weighted by atomic mass is 10.2. The molecule has 20 heavy (non-hydrogen) atoms. The zero-order chi connectivity index (χ0) is 15.1. The summed E-state index contributed by atoms with van der Waals surface area (Å²) in [6.45, 7) is 3.22. The zero-order valence-corrected chi connectivity index (χ0v) is 14.3. The summed E-state index contributed by atoms with van der Waals surface area (Å²) in [5.41, 5.74) is 1.08. The molecule has 2 rings (SSSR count). The molecule has 1 N–H and O–H groups in total. The van der Waals surface area contributed by atoms with Crippen LogP contribution in [0.15, 0.2) is 20.8 Å². The summed E-state index contributed by atoms with van der Waals surface area (Å²) in [5, 5.41) is 0. The van der Waals surface area contributed by atoms with Crippen LogP contribution in [0.4, 0.5) is 10.1 Å². The van der Waals surface area contributed by atoms with Crippen LogP contribution in [0, 0.1) is 19.7 Å². The summed E-state index contributed by atoms with van der Waals surface area (Å²) >= 11 is 9.60. The standard InChI is InChI=1S/C11H9BrClFN2O2S2/c1-5-3-7(12)8(14)4-9(5)16-20(17,18)10-6(2)15-11(13)19-10/h3-4,16H,1-2H3. The van der Waals surface area contributed by atoms with Gasteiger partial charge in [-0.1, -0.05) is 22.9 Å². The lowest BCUT2D eigenvalue weighted by molar-refractivity contribution is 0.602. The number of aryl methyl sites for hydroxylation is 2. The van der Waals surface area contributed by atoms with Gasteiger partial charge in [-0.15, -0.1) is 0 Å². The second-order valence-corrected chi connectivity index (χ2v) is 8.34. The fourth-order valence-corrected chi connectivity index (χ4v) is 4.87. The molecular weight excluding hydrogens is 391 g/mol. The fraction of sp³-hybridized carbons (Fsp3) is 0.182. The van der Waals surface area contributed by atoms with E-state index in [1.54, 1.807) is 13.8 Å². The molecule has 1 heterocycles. The number of benzene rings is 1. The quantitative estimate of drug-likeness (QED) is 0.845. The van der Waals surface area contributed by atoms with Crippen LogP contribution in [-0.2, 0) is 10.0 Å². The first kappa shape index (κ1) is 15.7. The van der Waals surface area contributed by atoms with Gasteiger partial charge in [0, 0.05) is 0 Å². The molecule has 0 saturated carbocycles. The highest BCUT2D eigenvalue weighted by molar-refractivity contribution is 9.10. The van der Waals surface area contributed by atoms with Crippen LogP contribution in [0.3, 0.4) is 0 Å². The number of sulfonamides is 1. The van der Waals surface area contributed by atoms with Gasteiger partial charge < -0.3 is 0 Å². The number of nitrogens with zero attached hydrogens (tertiary/aromatic N) is 1. The number of rotatable bonds is 3. The molecule has 0 amide bonds. The van der Waals surface area contributed by atoms with Crippen LogP contribution < -0.4 is 4.72 Å². The van der Waals surface area contributed by atoms with Gasteiger partial charge >= 0.3 is 0 Å². The average Bonchev–Trinajstić information content (AvgIpc) is 2.66. The Kier molecular flexibility index (Phi) is 4.38. The van der Waals surface area contributed by atoms with Gasteiger partial charge in [0.05, 0.1) is 15.9 Å². The molecule has 2 aromatic rings. The Morgan fingerprint density at radius 3 is 2.60 bits per heavy atom. The van der Waals surface area contributed by atoms with E-state index in [0.29, 0.717) is 11.3 Å². The first-order valence-corrected chi connectivity index (χ1v) is 8.79. The highest BCUT2D eigenvalue weighted by Crippen LogP contribution is 2.30. The Morgan fingerprint density at radius 2 is 2.05 bits per heavy atom. The highest BCUT2D eigenvalue weighted by atomic mass is 79.9. The van der Waals surface area contributed by atoms with E-state index in [9.17, 15) is 12.8 Å². The van der Waals surface area contributed by atoms with Crippen molar-refractivity contribution in [2.24, 2.45) is 0 Å². The molecule has 108 valence electrons. The van der Waals surface area contributed by atoms with Gasteiger partial charge in [-0.2, -0.15) is 0 Å². The molecule has 0 aliphatic heterocycles. The van der Waals surface area contributed by atoms with E-state index in [4.69, 9.17) is 11.6 Å². The Hall–Kier alpha value is -0.700. The van der Waals surface area contributed by atoms with Crippen molar-refractivity contribution in [3.05, 3.63) is 38.1 Å². The van der Waals surface area contributed by atoms with Crippen LogP contribution in [0.5, 0.6) is 0 Å². The van der Waals surface area contributed by atoms with Crippen molar-refractivity contribution in [1.29, 1.82) is 0 Å². The predicted octanol–water partition coefficient (Wildman–Crippen LogP) is 4.12. The summed E-state index contributed by atoms with van der Waals surface area (Å²) in [4.78, 5) is 3.86. The maximum atomic E-state index is 13.5. The SMILES string of the molecule is Cc1cc(Br)c(F)cc1NS(=O)(=O)c1sc(Cl)nc1C. The molecule has 0 aliphatic rings. The number of halogens is 3. The molecular formula is C11H9BrClFN2O2S2. The van der Waals surface area contributed by atoms with Crippen LogP contribution in [-0.4, -0.2) is 13.4 Å². The minimum absolute atomic E-state index is 0.0187. The maximum Gasteiger partial charge on any atom is 0.273 e. The van der Waals surface area contributed by atoms with Crippen molar-refractivity contribution in [2.45, 2.75) is 18.1 Å². The maximum absolute atomic E-state index is 13.5. The topological polar surface area (TPSA) is 59.1 Å². The Balaban J connectivity index is 2.43. The lowest BCUT2D eigenvalue weighted by Gasteiger charge is -2.10.